The van der Waals surface area contributed by atoms with Crippen molar-refractivity contribution in [2.75, 3.05) is 12.8 Å². The molecule has 6 heteroatoms. The van der Waals surface area contributed by atoms with Gasteiger partial charge in [-0.15, -0.1) is 5.10 Å². The van der Waals surface area contributed by atoms with Crippen LogP contribution in [0.25, 0.3) is 11.4 Å². The molecule has 0 atom stereocenters. The second kappa shape index (κ2) is 4.47. The number of tetrazole rings is 1. The Morgan fingerprint density at radius 1 is 1.30 bits per heavy atom. The van der Waals surface area contributed by atoms with E-state index in [4.69, 9.17) is 10.5 Å². The first-order valence-corrected chi connectivity index (χ1v) is 6.76. The Morgan fingerprint density at radius 3 is 2.70 bits per heavy atom. The topological polar surface area (TPSA) is 78.8 Å². The zero-order valence-corrected chi connectivity index (χ0v) is 12.0. The largest absolute Gasteiger partial charge is 0.497 e. The summed E-state index contributed by atoms with van der Waals surface area (Å²) in [4.78, 5) is 0. The minimum Gasteiger partial charge on any atom is -0.497 e. The fraction of sp³-hybridized carbons (Fsp3) is 0.500. The number of nitrogens with zero attached hydrogens (tertiary/aromatic N) is 4. The van der Waals surface area contributed by atoms with Gasteiger partial charge in [-0.1, -0.05) is 0 Å². The molecule has 0 bridgehead atoms. The van der Waals surface area contributed by atoms with Gasteiger partial charge >= 0.3 is 0 Å². The van der Waals surface area contributed by atoms with Crippen molar-refractivity contribution in [1.82, 2.24) is 20.2 Å². The summed E-state index contributed by atoms with van der Waals surface area (Å²) in [6.07, 6.45) is 2.46. The molecule has 1 aliphatic rings. The lowest BCUT2D eigenvalue weighted by Gasteiger charge is -2.25. The second-order valence-electron chi connectivity index (χ2n) is 5.84. The maximum Gasteiger partial charge on any atom is 0.182 e. The lowest BCUT2D eigenvalue weighted by Crippen LogP contribution is -2.30. The molecule has 1 aromatic carbocycles. The molecule has 1 aliphatic carbocycles. The van der Waals surface area contributed by atoms with Gasteiger partial charge in [-0.05, 0) is 55.2 Å². The van der Waals surface area contributed by atoms with Crippen molar-refractivity contribution in [2.45, 2.75) is 32.2 Å². The quantitative estimate of drug-likeness (QED) is 0.863. The van der Waals surface area contributed by atoms with Gasteiger partial charge in [0.05, 0.1) is 12.6 Å². The van der Waals surface area contributed by atoms with Crippen molar-refractivity contribution in [3.63, 3.8) is 0 Å². The SMILES string of the molecule is COc1cc(N)cc(-c2nnnn2C(C)(C)C2CC2)c1. The number of anilines is 1. The zero-order valence-electron chi connectivity index (χ0n) is 12.0. The van der Waals surface area contributed by atoms with Crippen LogP contribution in [0.5, 0.6) is 5.75 Å². The van der Waals surface area contributed by atoms with Gasteiger partial charge in [0.1, 0.15) is 5.75 Å². The van der Waals surface area contributed by atoms with Gasteiger partial charge in [0, 0.05) is 17.3 Å². The van der Waals surface area contributed by atoms with E-state index < -0.39 is 0 Å². The molecule has 0 radical (unpaired) electrons. The molecule has 0 aliphatic heterocycles. The van der Waals surface area contributed by atoms with Gasteiger partial charge in [0.2, 0.25) is 0 Å². The third-order valence-electron chi connectivity index (χ3n) is 4.01. The molecule has 20 heavy (non-hydrogen) atoms. The maximum absolute atomic E-state index is 5.91. The molecule has 6 nitrogen and oxygen atoms in total. The number of nitrogen functional groups attached to an aromatic ring is 1. The predicted molar refractivity (Wildman–Crippen MR) is 76.3 cm³/mol. The van der Waals surface area contributed by atoms with E-state index in [-0.39, 0.29) is 5.54 Å². The molecule has 0 unspecified atom stereocenters. The van der Waals surface area contributed by atoms with E-state index in [0.717, 1.165) is 11.4 Å². The molecular weight excluding hydrogens is 254 g/mol. The van der Waals surface area contributed by atoms with E-state index in [0.29, 0.717) is 17.4 Å². The van der Waals surface area contributed by atoms with Gasteiger partial charge in [-0.2, -0.15) is 0 Å². The van der Waals surface area contributed by atoms with Crippen molar-refractivity contribution >= 4 is 5.69 Å². The Kier molecular flexibility index (Phi) is 2.88. The van der Waals surface area contributed by atoms with Gasteiger partial charge in [0.25, 0.3) is 0 Å². The van der Waals surface area contributed by atoms with Crippen molar-refractivity contribution in [3.8, 4) is 17.1 Å². The van der Waals surface area contributed by atoms with E-state index in [1.54, 1.807) is 13.2 Å². The minimum absolute atomic E-state index is 0.0866. The van der Waals surface area contributed by atoms with E-state index in [9.17, 15) is 0 Å². The van der Waals surface area contributed by atoms with E-state index in [1.165, 1.54) is 12.8 Å². The van der Waals surface area contributed by atoms with Crippen molar-refractivity contribution in [2.24, 2.45) is 5.92 Å². The number of hydrogen-bond donors (Lipinski definition) is 1. The van der Waals surface area contributed by atoms with Crippen LogP contribution in [0.15, 0.2) is 18.2 Å². The smallest absolute Gasteiger partial charge is 0.182 e. The summed E-state index contributed by atoms with van der Waals surface area (Å²) in [6.45, 7) is 4.35. The molecule has 106 valence electrons. The normalized spacial score (nSPS) is 15.3. The van der Waals surface area contributed by atoms with Crippen molar-refractivity contribution in [1.29, 1.82) is 0 Å². The highest BCUT2D eigenvalue weighted by molar-refractivity contribution is 5.64. The first-order valence-electron chi connectivity index (χ1n) is 6.76. The summed E-state index contributed by atoms with van der Waals surface area (Å²) >= 11 is 0. The molecule has 1 aromatic heterocycles. The first kappa shape index (κ1) is 12.9. The molecule has 3 rings (SSSR count). The standard InChI is InChI=1S/C14H19N5O/c1-14(2,10-4-5-10)19-13(16-17-18-19)9-6-11(15)8-12(7-9)20-3/h6-8,10H,4-5,15H2,1-3H3. The zero-order chi connectivity index (χ0) is 14.3. The average molecular weight is 273 g/mol. The summed E-state index contributed by atoms with van der Waals surface area (Å²) in [6, 6.07) is 5.55. The number of methoxy groups -OCH3 is 1. The monoisotopic (exact) mass is 273 g/mol. The summed E-state index contributed by atoms with van der Waals surface area (Å²) in [5.41, 5.74) is 7.34. The Morgan fingerprint density at radius 2 is 2.05 bits per heavy atom. The number of ether oxygens (including phenoxy) is 1. The summed E-state index contributed by atoms with van der Waals surface area (Å²) in [5, 5.41) is 12.2. The van der Waals surface area contributed by atoms with Gasteiger partial charge in [0.15, 0.2) is 5.82 Å². The highest BCUT2D eigenvalue weighted by atomic mass is 16.5. The molecule has 0 amide bonds. The van der Waals surface area contributed by atoms with E-state index >= 15 is 0 Å². The van der Waals surface area contributed by atoms with Crippen LogP contribution in [0.3, 0.4) is 0 Å². The number of benzene rings is 1. The van der Waals surface area contributed by atoms with Crippen LogP contribution in [0, 0.1) is 5.92 Å². The van der Waals surface area contributed by atoms with Crippen LogP contribution in [-0.2, 0) is 5.54 Å². The second-order valence-corrected chi connectivity index (χ2v) is 5.84. The molecule has 1 heterocycles. The Labute approximate surface area is 117 Å². The van der Waals surface area contributed by atoms with Crippen LogP contribution >= 0.6 is 0 Å². The minimum atomic E-state index is -0.0866. The Bertz CT molecular complexity index is 630. The fourth-order valence-corrected chi connectivity index (χ4v) is 2.59. The number of hydrogen-bond acceptors (Lipinski definition) is 5. The Balaban J connectivity index is 2.07. The van der Waals surface area contributed by atoms with Crippen LogP contribution < -0.4 is 10.5 Å². The predicted octanol–water partition coefficient (Wildman–Crippen LogP) is 2.08. The maximum atomic E-state index is 5.91. The first-order chi connectivity index (χ1) is 9.52. The average Bonchev–Trinajstić information content (AvgIpc) is 3.15. The molecule has 0 saturated heterocycles. The molecule has 2 N–H and O–H groups in total. The molecule has 1 saturated carbocycles. The van der Waals surface area contributed by atoms with Gasteiger partial charge < -0.3 is 10.5 Å². The summed E-state index contributed by atoms with van der Waals surface area (Å²) in [7, 11) is 1.62. The number of rotatable bonds is 4. The van der Waals surface area contributed by atoms with Crippen LogP contribution in [-0.4, -0.2) is 27.3 Å². The van der Waals surface area contributed by atoms with Gasteiger partial charge in [-0.25, -0.2) is 4.68 Å². The van der Waals surface area contributed by atoms with Gasteiger partial charge in [-0.3, -0.25) is 0 Å². The third kappa shape index (κ3) is 2.11. The van der Waals surface area contributed by atoms with Crippen molar-refractivity contribution in [3.05, 3.63) is 18.2 Å². The summed E-state index contributed by atoms with van der Waals surface area (Å²) < 4.78 is 7.16. The number of aromatic nitrogens is 4. The van der Waals surface area contributed by atoms with Crippen LogP contribution in [0.4, 0.5) is 5.69 Å². The Hall–Kier alpha value is -2.11. The van der Waals surface area contributed by atoms with Crippen LogP contribution in [0.1, 0.15) is 26.7 Å². The molecular formula is C14H19N5O. The molecule has 1 fully saturated rings. The molecule has 2 aromatic rings. The molecule has 0 spiro atoms. The highest BCUT2D eigenvalue weighted by Crippen LogP contribution is 2.44. The van der Waals surface area contributed by atoms with Crippen molar-refractivity contribution < 1.29 is 4.74 Å². The lowest BCUT2D eigenvalue weighted by molar-refractivity contribution is 0.271. The summed E-state index contributed by atoms with van der Waals surface area (Å²) in [5.74, 6) is 2.07. The van der Waals surface area contributed by atoms with Crippen LogP contribution in [0.2, 0.25) is 0 Å². The van der Waals surface area contributed by atoms with E-state index in [1.807, 2.05) is 16.8 Å². The fourth-order valence-electron chi connectivity index (χ4n) is 2.59. The van der Waals surface area contributed by atoms with E-state index in [2.05, 4.69) is 29.4 Å². The number of nitrogens with two attached hydrogens (primary N) is 1. The third-order valence-corrected chi connectivity index (χ3v) is 4.01. The highest BCUT2D eigenvalue weighted by Gasteiger charge is 2.41. The lowest BCUT2D eigenvalue weighted by atomic mass is 9.98.